The average molecular weight is 398 g/mol. The second kappa shape index (κ2) is 6.78. The van der Waals surface area contributed by atoms with E-state index in [1.807, 2.05) is 5.38 Å². The van der Waals surface area contributed by atoms with Gasteiger partial charge in [0.05, 0.1) is 11.2 Å². The number of alkyl halides is 3. The predicted molar refractivity (Wildman–Crippen MR) is 96.5 cm³/mol. The molecule has 0 saturated heterocycles. The van der Waals surface area contributed by atoms with Crippen molar-refractivity contribution in [3.8, 4) is 10.6 Å². The first-order chi connectivity index (χ1) is 12.4. The van der Waals surface area contributed by atoms with Gasteiger partial charge in [0.15, 0.2) is 10.8 Å². The van der Waals surface area contributed by atoms with Crippen LogP contribution in [0, 0.1) is 0 Å². The third-order valence-corrected chi connectivity index (χ3v) is 5.85. The van der Waals surface area contributed by atoms with Crippen LogP contribution in [0.5, 0.6) is 0 Å². The predicted octanol–water partition coefficient (Wildman–Crippen LogP) is 6.47. The maximum absolute atomic E-state index is 13.0. The Morgan fingerprint density at radius 1 is 1.04 bits per heavy atom. The fraction of sp³-hybridized carbons (Fsp3) is 0.389. The second-order valence-electron chi connectivity index (χ2n) is 6.45. The van der Waals surface area contributed by atoms with Gasteiger partial charge in [-0.3, -0.25) is 0 Å². The molecule has 1 fully saturated rings. The van der Waals surface area contributed by atoms with Crippen LogP contribution in [0.3, 0.4) is 0 Å². The number of fused-ring (bicyclic) bond motifs is 1. The first-order valence-electron chi connectivity index (χ1n) is 8.43. The molecule has 0 bridgehead atoms. The van der Waals surface area contributed by atoms with Crippen molar-refractivity contribution in [2.75, 3.05) is 0 Å². The monoisotopic (exact) mass is 397 g/mol. The Hall–Kier alpha value is -1.73. The van der Waals surface area contributed by atoms with E-state index in [0.717, 1.165) is 23.5 Å². The normalized spacial score (nSPS) is 16.3. The van der Waals surface area contributed by atoms with Gasteiger partial charge < -0.3 is 0 Å². The maximum atomic E-state index is 13.0. The van der Waals surface area contributed by atoms with Crippen molar-refractivity contribution in [1.29, 1.82) is 0 Å². The largest absolute Gasteiger partial charge is 0.436 e. The van der Waals surface area contributed by atoms with Crippen molar-refractivity contribution in [1.82, 2.24) is 15.0 Å². The molecule has 136 valence electrons. The number of nitrogens with zero attached hydrogens (tertiary/aromatic N) is 3. The van der Waals surface area contributed by atoms with E-state index in [9.17, 15) is 13.2 Å². The molecule has 0 spiro atoms. The molecule has 1 saturated carbocycles. The first-order valence-corrected chi connectivity index (χ1v) is 9.68. The summed E-state index contributed by atoms with van der Waals surface area (Å²) in [6.45, 7) is 0. The minimum atomic E-state index is -4.64. The second-order valence-corrected chi connectivity index (χ2v) is 7.66. The summed E-state index contributed by atoms with van der Waals surface area (Å²) in [5.74, 6) is 0.468. The topological polar surface area (TPSA) is 38.7 Å². The standard InChI is InChI=1S/C18H15ClF3N3S/c19-16-15(18(20,21)22)23-12-8-4-7-11(14(12)25-16)17-24-13(9-26-17)10-5-2-1-3-6-10/h4,7-10H,1-3,5-6H2. The zero-order valence-electron chi connectivity index (χ0n) is 13.7. The third kappa shape index (κ3) is 3.30. The van der Waals surface area contributed by atoms with E-state index in [1.54, 1.807) is 12.1 Å². The average Bonchev–Trinajstić information content (AvgIpc) is 3.10. The molecule has 0 unspecified atom stereocenters. The van der Waals surface area contributed by atoms with Crippen LogP contribution in [0.15, 0.2) is 23.6 Å². The summed E-state index contributed by atoms with van der Waals surface area (Å²) in [5, 5.41) is 2.14. The lowest BCUT2D eigenvalue weighted by Crippen LogP contribution is -2.10. The van der Waals surface area contributed by atoms with E-state index in [2.05, 4.69) is 9.97 Å². The molecule has 3 aromatic rings. The summed E-state index contributed by atoms with van der Waals surface area (Å²) in [4.78, 5) is 12.4. The molecule has 0 amide bonds. The van der Waals surface area contributed by atoms with Crippen molar-refractivity contribution in [2.45, 2.75) is 44.2 Å². The van der Waals surface area contributed by atoms with Crippen LogP contribution in [-0.2, 0) is 6.18 Å². The van der Waals surface area contributed by atoms with E-state index < -0.39 is 17.0 Å². The summed E-state index contributed by atoms with van der Waals surface area (Å²) in [7, 11) is 0. The molecule has 1 aliphatic carbocycles. The van der Waals surface area contributed by atoms with Gasteiger partial charge in [0.1, 0.15) is 10.5 Å². The highest BCUT2D eigenvalue weighted by atomic mass is 35.5. The number of hydrogen-bond donors (Lipinski definition) is 0. The highest BCUT2D eigenvalue weighted by Gasteiger charge is 2.36. The van der Waals surface area contributed by atoms with Gasteiger partial charge in [-0.1, -0.05) is 36.9 Å². The molecule has 1 aliphatic rings. The molecule has 4 rings (SSSR count). The minimum absolute atomic E-state index is 0.161. The van der Waals surface area contributed by atoms with Crippen molar-refractivity contribution in [2.24, 2.45) is 0 Å². The Kier molecular flexibility index (Phi) is 4.61. The number of aromatic nitrogens is 3. The van der Waals surface area contributed by atoms with Crippen molar-refractivity contribution in [3.05, 3.63) is 40.1 Å². The van der Waals surface area contributed by atoms with Gasteiger partial charge in [-0.05, 0) is 25.0 Å². The van der Waals surface area contributed by atoms with Crippen LogP contribution in [-0.4, -0.2) is 15.0 Å². The van der Waals surface area contributed by atoms with Crippen LogP contribution in [0.2, 0.25) is 5.15 Å². The summed E-state index contributed by atoms with van der Waals surface area (Å²) < 4.78 is 39.0. The van der Waals surface area contributed by atoms with E-state index >= 15 is 0 Å². The summed E-state index contributed by atoms with van der Waals surface area (Å²) in [6, 6.07) is 4.97. The van der Waals surface area contributed by atoms with Gasteiger partial charge in [-0.2, -0.15) is 13.2 Å². The molecule has 3 nitrogen and oxygen atoms in total. The van der Waals surface area contributed by atoms with Crippen LogP contribution < -0.4 is 0 Å². The fourth-order valence-corrected chi connectivity index (χ4v) is 4.57. The Morgan fingerprint density at radius 2 is 1.81 bits per heavy atom. The zero-order valence-corrected chi connectivity index (χ0v) is 15.3. The van der Waals surface area contributed by atoms with Crippen LogP contribution >= 0.6 is 22.9 Å². The minimum Gasteiger partial charge on any atom is -0.241 e. The van der Waals surface area contributed by atoms with Gasteiger partial charge in [-0.15, -0.1) is 11.3 Å². The first kappa shape index (κ1) is 17.7. The summed E-state index contributed by atoms with van der Waals surface area (Å²) in [5.41, 5.74) is 1.07. The number of para-hydroxylation sites is 1. The van der Waals surface area contributed by atoms with Gasteiger partial charge in [0.25, 0.3) is 0 Å². The van der Waals surface area contributed by atoms with E-state index in [1.165, 1.54) is 36.7 Å². The molecule has 2 heterocycles. The Bertz CT molecular complexity index is 948. The lowest BCUT2D eigenvalue weighted by Gasteiger charge is -2.19. The molecule has 2 aromatic heterocycles. The van der Waals surface area contributed by atoms with Crippen LogP contribution in [0.25, 0.3) is 21.6 Å². The number of halogens is 4. The van der Waals surface area contributed by atoms with Crippen molar-refractivity contribution >= 4 is 34.0 Å². The maximum Gasteiger partial charge on any atom is 0.436 e. The lowest BCUT2D eigenvalue weighted by molar-refractivity contribution is -0.141. The lowest BCUT2D eigenvalue weighted by atomic mass is 9.87. The van der Waals surface area contributed by atoms with Crippen LogP contribution in [0.4, 0.5) is 13.2 Å². The van der Waals surface area contributed by atoms with Gasteiger partial charge >= 0.3 is 6.18 Å². The van der Waals surface area contributed by atoms with E-state index in [-0.39, 0.29) is 5.52 Å². The van der Waals surface area contributed by atoms with Crippen molar-refractivity contribution < 1.29 is 13.2 Å². The smallest absolute Gasteiger partial charge is 0.241 e. The molecular formula is C18H15ClF3N3S. The Labute approximate surface area is 157 Å². The molecule has 0 radical (unpaired) electrons. The number of thiazole rings is 1. The number of rotatable bonds is 2. The molecule has 0 N–H and O–H groups in total. The zero-order chi connectivity index (χ0) is 18.3. The molecule has 1 aromatic carbocycles. The van der Waals surface area contributed by atoms with E-state index in [4.69, 9.17) is 16.6 Å². The summed E-state index contributed by atoms with van der Waals surface area (Å²) in [6.07, 6.45) is 1.34. The highest BCUT2D eigenvalue weighted by Crippen LogP contribution is 2.38. The molecule has 0 aliphatic heterocycles. The highest BCUT2D eigenvalue weighted by molar-refractivity contribution is 7.13. The fourth-order valence-electron chi connectivity index (χ4n) is 3.41. The summed E-state index contributed by atoms with van der Waals surface area (Å²) >= 11 is 7.25. The third-order valence-electron chi connectivity index (χ3n) is 4.70. The Morgan fingerprint density at radius 3 is 2.54 bits per heavy atom. The van der Waals surface area contributed by atoms with Crippen molar-refractivity contribution in [3.63, 3.8) is 0 Å². The SMILES string of the molecule is FC(F)(F)c1nc2cccc(-c3nc(C4CCCCC4)cs3)c2nc1Cl. The van der Waals surface area contributed by atoms with Gasteiger partial charge in [-0.25, -0.2) is 15.0 Å². The van der Waals surface area contributed by atoms with Gasteiger partial charge in [0.2, 0.25) is 0 Å². The molecule has 0 atom stereocenters. The number of benzene rings is 1. The van der Waals surface area contributed by atoms with Gasteiger partial charge in [0, 0.05) is 16.9 Å². The molecular weight excluding hydrogens is 383 g/mol. The molecule has 26 heavy (non-hydrogen) atoms. The quantitative estimate of drug-likeness (QED) is 0.497. The number of hydrogen-bond acceptors (Lipinski definition) is 4. The van der Waals surface area contributed by atoms with Crippen LogP contribution in [0.1, 0.15) is 49.4 Å². The Balaban J connectivity index is 1.77. The van der Waals surface area contributed by atoms with E-state index in [0.29, 0.717) is 17.0 Å². The molecule has 8 heteroatoms.